The minimum atomic E-state index is -0.734. The summed E-state index contributed by atoms with van der Waals surface area (Å²) in [6.07, 6.45) is 2.89. The summed E-state index contributed by atoms with van der Waals surface area (Å²) in [6.45, 7) is 0. The van der Waals surface area contributed by atoms with Crippen LogP contribution in [0, 0.1) is 0 Å². The van der Waals surface area contributed by atoms with E-state index in [9.17, 15) is 9.59 Å². The maximum absolute atomic E-state index is 11.2. The predicted molar refractivity (Wildman–Crippen MR) is 92.9 cm³/mol. The van der Waals surface area contributed by atoms with Crippen LogP contribution in [-0.2, 0) is 9.62 Å². The van der Waals surface area contributed by atoms with E-state index in [1.54, 1.807) is 12.1 Å². The van der Waals surface area contributed by atoms with Crippen molar-refractivity contribution in [2.24, 2.45) is 11.5 Å². The number of hydrogen-bond donors (Lipinski definition) is 3. The van der Waals surface area contributed by atoms with E-state index in [0.717, 1.165) is 36.5 Å². The standard InChI is InChI=1S/C11H8O3.C7H14N2O2/c12-11(14-13)10-7-3-5-8-4-1-2-6-9(8)10;8-5-1-3-6(4-2-5)11-7(9)10/h1-7,13H;5-6H,1-4,8H2,(H2,9,10). The van der Waals surface area contributed by atoms with E-state index in [-0.39, 0.29) is 12.1 Å². The van der Waals surface area contributed by atoms with Crippen LogP contribution in [0.15, 0.2) is 42.5 Å². The maximum atomic E-state index is 11.2. The number of rotatable bonds is 2. The smallest absolute Gasteiger partial charge is 0.404 e. The highest BCUT2D eigenvalue weighted by Gasteiger charge is 2.20. The molecule has 1 aliphatic carbocycles. The Morgan fingerprint density at radius 2 is 1.64 bits per heavy atom. The van der Waals surface area contributed by atoms with Crippen LogP contribution < -0.4 is 11.5 Å². The van der Waals surface area contributed by atoms with Gasteiger partial charge in [-0.1, -0.05) is 36.4 Å². The summed E-state index contributed by atoms with van der Waals surface area (Å²) >= 11 is 0. The van der Waals surface area contributed by atoms with Crippen LogP contribution in [0.25, 0.3) is 10.8 Å². The van der Waals surface area contributed by atoms with E-state index in [0.29, 0.717) is 5.56 Å². The molecule has 3 rings (SSSR count). The summed E-state index contributed by atoms with van der Waals surface area (Å²) in [7, 11) is 0. The Morgan fingerprint density at radius 1 is 1.00 bits per heavy atom. The molecule has 0 spiro atoms. The fraction of sp³-hybridized carbons (Fsp3) is 0.333. The SMILES string of the molecule is NC(=O)OC1CCC(N)CC1.O=C(OO)c1cccc2ccccc12. The van der Waals surface area contributed by atoms with Crippen LogP contribution in [0.3, 0.4) is 0 Å². The molecule has 0 unspecified atom stereocenters. The first-order valence-corrected chi connectivity index (χ1v) is 8.06. The van der Waals surface area contributed by atoms with Gasteiger partial charge >= 0.3 is 12.1 Å². The minimum absolute atomic E-state index is 0.00676. The number of benzene rings is 2. The number of nitrogens with two attached hydrogens (primary N) is 2. The molecule has 0 atom stereocenters. The van der Waals surface area contributed by atoms with E-state index in [2.05, 4.69) is 4.89 Å². The van der Waals surface area contributed by atoms with Crippen molar-refractivity contribution in [1.82, 2.24) is 0 Å². The Morgan fingerprint density at radius 3 is 2.28 bits per heavy atom. The molecule has 0 aliphatic heterocycles. The fourth-order valence-electron chi connectivity index (χ4n) is 2.82. The molecule has 0 saturated heterocycles. The molecule has 25 heavy (non-hydrogen) atoms. The van der Waals surface area contributed by atoms with Crippen molar-refractivity contribution in [3.8, 4) is 0 Å². The Labute approximate surface area is 145 Å². The third-order valence-corrected chi connectivity index (χ3v) is 4.09. The van der Waals surface area contributed by atoms with Crippen LogP contribution in [-0.4, -0.2) is 29.5 Å². The molecule has 1 saturated carbocycles. The van der Waals surface area contributed by atoms with Gasteiger partial charge in [-0.15, -0.1) is 0 Å². The quantitative estimate of drug-likeness (QED) is 0.567. The number of primary amides is 1. The molecule has 0 bridgehead atoms. The third kappa shape index (κ3) is 5.44. The zero-order valence-electron chi connectivity index (χ0n) is 13.8. The van der Waals surface area contributed by atoms with Crippen molar-refractivity contribution in [2.45, 2.75) is 37.8 Å². The first kappa shape index (κ1) is 18.7. The molecule has 1 amide bonds. The fourth-order valence-corrected chi connectivity index (χ4v) is 2.82. The van der Waals surface area contributed by atoms with Crippen molar-refractivity contribution in [3.05, 3.63) is 48.0 Å². The predicted octanol–water partition coefficient (Wildman–Crippen LogP) is 2.82. The first-order valence-electron chi connectivity index (χ1n) is 8.06. The molecular weight excluding hydrogens is 324 g/mol. The number of hydrogen-bond acceptors (Lipinski definition) is 6. The number of fused-ring (bicyclic) bond motifs is 1. The Kier molecular flexibility index (Phi) is 6.73. The third-order valence-electron chi connectivity index (χ3n) is 4.09. The minimum Gasteiger partial charge on any atom is -0.446 e. The van der Waals surface area contributed by atoms with Gasteiger partial charge in [0.05, 0.1) is 5.56 Å². The van der Waals surface area contributed by atoms with Crippen LogP contribution >= 0.6 is 0 Å². The van der Waals surface area contributed by atoms with E-state index in [1.165, 1.54) is 0 Å². The van der Waals surface area contributed by atoms with Gasteiger partial charge in [0, 0.05) is 6.04 Å². The molecule has 134 valence electrons. The molecule has 5 N–H and O–H groups in total. The molecule has 0 radical (unpaired) electrons. The molecule has 1 aliphatic rings. The Hall–Kier alpha value is -2.64. The molecule has 0 heterocycles. The topological polar surface area (TPSA) is 125 Å². The molecule has 2 aromatic carbocycles. The number of carbonyl (C=O) groups excluding carboxylic acids is 2. The van der Waals surface area contributed by atoms with Crippen LogP contribution in [0.1, 0.15) is 36.0 Å². The summed E-state index contributed by atoms with van der Waals surface area (Å²) in [5, 5.41) is 10.0. The second-order valence-electron chi connectivity index (χ2n) is 5.88. The zero-order valence-corrected chi connectivity index (χ0v) is 13.8. The monoisotopic (exact) mass is 346 g/mol. The first-order chi connectivity index (χ1) is 12.0. The average Bonchev–Trinajstić information content (AvgIpc) is 2.62. The van der Waals surface area contributed by atoms with Crippen molar-refractivity contribution in [2.75, 3.05) is 0 Å². The lowest BCUT2D eigenvalue weighted by Gasteiger charge is -2.24. The van der Waals surface area contributed by atoms with Gasteiger partial charge in [0.25, 0.3) is 0 Å². The highest BCUT2D eigenvalue weighted by atomic mass is 17.1. The zero-order chi connectivity index (χ0) is 18.2. The Bertz CT molecular complexity index is 721. The number of amides is 1. The van der Waals surface area contributed by atoms with Crippen molar-refractivity contribution in [3.63, 3.8) is 0 Å². The van der Waals surface area contributed by atoms with E-state index < -0.39 is 12.1 Å². The lowest BCUT2D eigenvalue weighted by Crippen LogP contribution is -2.32. The van der Waals surface area contributed by atoms with Crippen molar-refractivity contribution < 1.29 is 24.5 Å². The molecule has 1 fully saturated rings. The summed E-state index contributed by atoms with van der Waals surface area (Å²) in [6, 6.07) is 12.9. The van der Waals surface area contributed by atoms with Gasteiger partial charge < -0.3 is 16.2 Å². The summed E-state index contributed by atoms with van der Waals surface area (Å²) < 4.78 is 4.82. The molecule has 7 nitrogen and oxygen atoms in total. The van der Waals surface area contributed by atoms with Crippen LogP contribution in [0.4, 0.5) is 4.79 Å². The summed E-state index contributed by atoms with van der Waals surface area (Å²) in [5.74, 6) is -0.734. The largest absolute Gasteiger partial charge is 0.446 e. The Balaban J connectivity index is 0.000000186. The van der Waals surface area contributed by atoms with Gasteiger partial charge in [-0.3, -0.25) is 4.89 Å². The van der Waals surface area contributed by atoms with Gasteiger partial charge in [0.15, 0.2) is 0 Å². The van der Waals surface area contributed by atoms with Gasteiger partial charge in [-0.25, -0.2) is 9.59 Å². The van der Waals surface area contributed by atoms with Crippen molar-refractivity contribution >= 4 is 22.8 Å². The summed E-state index contributed by atoms with van der Waals surface area (Å²) in [4.78, 5) is 25.2. The lowest BCUT2D eigenvalue weighted by molar-refractivity contribution is -0.182. The van der Waals surface area contributed by atoms with Gasteiger partial charge in [-0.05, 0) is 42.5 Å². The molecule has 7 heteroatoms. The van der Waals surface area contributed by atoms with E-state index >= 15 is 0 Å². The number of carbonyl (C=O) groups is 2. The average molecular weight is 346 g/mol. The van der Waals surface area contributed by atoms with E-state index in [1.807, 2.05) is 30.3 Å². The van der Waals surface area contributed by atoms with Gasteiger partial charge in [-0.2, -0.15) is 5.26 Å². The van der Waals surface area contributed by atoms with Gasteiger partial charge in [0.2, 0.25) is 0 Å². The molecule has 0 aromatic heterocycles. The lowest BCUT2D eigenvalue weighted by atomic mass is 9.94. The highest BCUT2D eigenvalue weighted by molar-refractivity contribution is 6.04. The highest BCUT2D eigenvalue weighted by Crippen LogP contribution is 2.20. The van der Waals surface area contributed by atoms with Crippen molar-refractivity contribution in [1.29, 1.82) is 0 Å². The molecular formula is C18H22N2O5. The van der Waals surface area contributed by atoms with Crippen LogP contribution in [0.2, 0.25) is 0 Å². The second-order valence-corrected chi connectivity index (χ2v) is 5.88. The molecule has 2 aromatic rings. The summed E-state index contributed by atoms with van der Waals surface area (Å²) in [5.41, 5.74) is 10.9. The second kappa shape index (κ2) is 9.00. The van der Waals surface area contributed by atoms with Gasteiger partial charge in [0.1, 0.15) is 6.10 Å². The normalized spacial score (nSPS) is 19.4. The maximum Gasteiger partial charge on any atom is 0.404 e. The van der Waals surface area contributed by atoms with Crippen LogP contribution in [0.5, 0.6) is 0 Å². The number of ether oxygens (including phenoxy) is 1. The van der Waals surface area contributed by atoms with E-state index in [4.69, 9.17) is 21.5 Å².